The fraction of sp³-hybridized carbons (Fsp3) is 0.745. The normalized spacial score (nSPS) is 37.2. The van der Waals surface area contributed by atoms with Crippen LogP contribution in [0.15, 0.2) is 42.9 Å². The lowest BCUT2D eigenvalue weighted by molar-refractivity contribution is -0.309. The fourth-order valence-electron chi connectivity index (χ4n) is 11.7. The van der Waals surface area contributed by atoms with E-state index in [1.54, 1.807) is 46.3 Å². The van der Waals surface area contributed by atoms with Crippen molar-refractivity contribution >= 4 is 17.7 Å². The van der Waals surface area contributed by atoms with Gasteiger partial charge in [-0.15, -0.1) is 5.10 Å². The van der Waals surface area contributed by atoms with E-state index < -0.39 is 126 Å². The number of carbonyl (C=O) groups excluding carboxylic acids is 2. The molecule has 3 aliphatic heterocycles. The molecule has 5 heterocycles. The molecule has 6 N–H and O–H groups in total. The van der Waals surface area contributed by atoms with Gasteiger partial charge in [0.05, 0.1) is 59.4 Å². The minimum Gasteiger partial charge on any atom is -0.456 e. The van der Waals surface area contributed by atoms with E-state index in [4.69, 9.17) is 43.6 Å². The summed E-state index contributed by atoms with van der Waals surface area (Å²) in [6, 6.07) is 6.66. The number of nitrogens with zero attached hydrogens (tertiary/aromatic N) is 6. The van der Waals surface area contributed by atoms with Crippen molar-refractivity contribution in [2.24, 2.45) is 23.7 Å². The molecule has 20 atom stereocenters. The number of ketones is 1. The highest BCUT2D eigenvalue weighted by atomic mass is 19.1. The van der Waals surface area contributed by atoms with Gasteiger partial charge in [-0.2, -0.15) is 0 Å². The smallest absolute Gasteiger partial charge is 0.311 e. The molecule has 3 aliphatic rings. The third kappa shape index (κ3) is 14.1. The molecule has 2 aromatic heterocycles. The third-order valence-corrected chi connectivity index (χ3v) is 16.7. The Hall–Kier alpha value is -4.17. The van der Waals surface area contributed by atoms with Crippen molar-refractivity contribution in [3.05, 3.63) is 54.1 Å². The molecule has 0 amide bonds. The summed E-state index contributed by atoms with van der Waals surface area (Å²) in [4.78, 5) is 39.2. The molecule has 0 bridgehead atoms. The van der Waals surface area contributed by atoms with Crippen molar-refractivity contribution in [2.75, 3.05) is 47.3 Å². The van der Waals surface area contributed by atoms with Crippen LogP contribution in [0.4, 0.5) is 10.3 Å². The SMILES string of the molecule is CO[C@H](c1ccc(-c2cnc(N)nc2)cc1)[C@@H](CF)n1cc(CCN(C)[C@@H]2C[C@H](O[C@@H]3[C@@H](C)[C@H](O[C@H]4C[C@@](C)(OC)[C@@H](O)[C@H](C)O4)[C@@H](C)C(=O)O[C@H]([C@@H](C)O)[C@@](C)(O)[C@H](O)[C@@H](C)C(=O)[C@H](C)C[C@@]3(C)OC)O[C@H](C)C2)nn1. The molecule has 0 radical (unpaired) electrons. The maximum atomic E-state index is 14.9. The number of benzene rings is 1. The number of aliphatic hydroxyl groups is 4. The van der Waals surface area contributed by atoms with Crippen LogP contribution in [0.3, 0.4) is 0 Å². The van der Waals surface area contributed by atoms with Gasteiger partial charge in [-0.05, 0) is 79.5 Å². The van der Waals surface area contributed by atoms with Crippen molar-refractivity contribution in [3.63, 3.8) is 0 Å². The van der Waals surface area contributed by atoms with E-state index in [2.05, 4.69) is 25.2 Å². The Morgan fingerprint density at radius 1 is 0.883 bits per heavy atom. The van der Waals surface area contributed by atoms with Crippen LogP contribution in [0.5, 0.6) is 0 Å². The maximum Gasteiger partial charge on any atom is 0.311 e. The number of cyclic esters (lactones) is 1. The zero-order valence-electron chi connectivity index (χ0n) is 47.3. The lowest BCUT2D eigenvalue weighted by Gasteiger charge is -2.49. The van der Waals surface area contributed by atoms with Gasteiger partial charge in [-0.3, -0.25) is 9.59 Å². The number of hydrogen-bond donors (Lipinski definition) is 5. The second-order valence-electron chi connectivity index (χ2n) is 22.6. The second-order valence-corrected chi connectivity index (χ2v) is 22.6. The number of esters is 1. The van der Waals surface area contributed by atoms with Crippen LogP contribution in [0, 0.1) is 23.7 Å². The molecule has 1 aromatic carbocycles. The molecular weight excluding hydrogens is 1000 g/mol. The first kappa shape index (κ1) is 62.0. The van der Waals surface area contributed by atoms with Crippen molar-refractivity contribution < 1.29 is 72.3 Å². The Kier molecular flexibility index (Phi) is 20.9. The lowest BCUT2D eigenvalue weighted by atomic mass is 9.73. The van der Waals surface area contributed by atoms with E-state index in [9.17, 15) is 34.4 Å². The summed E-state index contributed by atoms with van der Waals surface area (Å²) in [5.41, 5.74) is 4.07. The van der Waals surface area contributed by atoms with Crippen molar-refractivity contribution in [1.29, 1.82) is 0 Å². The van der Waals surface area contributed by atoms with Gasteiger partial charge in [0.25, 0.3) is 0 Å². The summed E-state index contributed by atoms with van der Waals surface area (Å²) in [6.45, 7) is 16.2. The second kappa shape index (κ2) is 26.0. The summed E-state index contributed by atoms with van der Waals surface area (Å²) in [6.07, 6.45) is -4.79. The van der Waals surface area contributed by atoms with Crippen LogP contribution in [0.1, 0.15) is 118 Å². The molecule has 0 aliphatic carbocycles. The molecule has 77 heavy (non-hydrogen) atoms. The van der Waals surface area contributed by atoms with E-state index in [-0.39, 0.29) is 30.9 Å². The summed E-state index contributed by atoms with van der Waals surface area (Å²) in [7, 11) is 6.54. The molecule has 3 saturated heterocycles. The molecule has 6 rings (SSSR count). The van der Waals surface area contributed by atoms with Gasteiger partial charge in [0.15, 0.2) is 18.7 Å². The number of methoxy groups -OCH3 is 3. The van der Waals surface area contributed by atoms with E-state index >= 15 is 0 Å². The van der Waals surface area contributed by atoms with Gasteiger partial charge >= 0.3 is 5.97 Å². The van der Waals surface area contributed by atoms with Crippen LogP contribution >= 0.6 is 0 Å². The first-order valence-electron chi connectivity index (χ1n) is 26.8. The summed E-state index contributed by atoms with van der Waals surface area (Å²) < 4.78 is 67.3. The molecule has 3 aromatic rings. The van der Waals surface area contributed by atoms with Crippen LogP contribution in [-0.4, -0.2) is 188 Å². The first-order valence-corrected chi connectivity index (χ1v) is 26.8. The van der Waals surface area contributed by atoms with Crippen LogP contribution in [0.25, 0.3) is 11.1 Å². The third-order valence-electron chi connectivity index (χ3n) is 16.7. The Balaban J connectivity index is 1.25. The number of rotatable bonds is 17. The van der Waals surface area contributed by atoms with E-state index in [1.165, 1.54) is 46.8 Å². The van der Waals surface area contributed by atoms with Crippen molar-refractivity contribution in [3.8, 4) is 11.1 Å². The van der Waals surface area contributed by atoms with E-state index in [0.717, 1.165) is 16.7 Å². The van der Waals surface area contributed by atoms with Crippen LogP contribution in [0.2, 0.25) is 0 Å². The monoisotopic (exact) mass is 1090 g/mol. The highest BCUT2D eigenvalue weighted by Gasteiger charge is 2.54. The number of anilines is 1. The Labute approximate surface area is 452 Å². The van der Waals surface area contributed by atoms with Crippen LogP contribution in [-0.2, 0) is 53.9 Å². The summed E-state index contributed by atoms with van der Waals surface area (Å²) in [5, 5.41) is 54.4. The van der Waals surface area contributed by atoms with Gasteiger partial charge in [0.2, 0.25) is 5.95 Å². The van der Waals surface area contributed by atoms with Gasteiger partial charge in [-0.1, -0.05) is 50.3 Å². The highest BCUT2D eigenvalue weighted by molar-refractivity contribution is 5.83. The van der Waals surface area contributed by atoms with Crippen molar-refractivity contribution in [2.45, 2.75) is 198 Å². The minimum absolute atomic E-state index is 0.0649. The molecular formula is C55H86FN7O14. The first-order chi connectivity index (χ1) is 36.2. The van der Waals surface area contributed by atoms with E-state index in [0.29, 0.717) is 31.5 Å². The molecule has 22 heteroatoms. The number of alkyl halides is 1. The minimum atomic E-state index is -2.27. The molecule has 0 unspecified atom stereocenters. The molecule has 3 fully saturated rings. The average molecular weight is 1090 g/mol. The number of ether oxygens (including phenoxy) is 8. The van der Waals surface area contributed by atoms with E-state index in [1.807, 2.05) is 52.1 Å². The zero-order valence-corrected chi connectivity index (χ0v) is 47.3. The standard InChI is InChI=1S/C55H86FN7O14/c1-29-23-54(9,72-14)49(32(4)45(75-43-24-53(8,71-13)48(67)35(7)74-43)33(5)51(68)77-50(34(6)64)55(10,69)47(66)31(3)44(29)65)76-42-22-40(21-30(2)73-42)62(11)20-19-39-28-63(61-60-39)41(25-56)46(70-12)37-17-15-36(16-18-37)38-26-58-52(57)59-27-38/h15-18,26-35,40-43,45-50,64,66-67,69H,19-25H2,1-14H3,(H2,57,58,59)/t29-,30-,31+,32+,33-,34-,35+,40+,41-,42+,43+,45+,46-,47-,48+,49-,50-,53-,54-,55+/m1/s1. The number of aliphatic hydroxyl groups excluding tert-OH is 3. The molecule has 432 valence electrons. The average Bonchev–Trinajstić information content (AvgIpc) is 3.89. The topological polar surface area (TPSA) is 275 Å². The predicted octanol–water partition coefficient (Wildman–Crippen LogP) is 4.58. The molecule has 0 spiro atoms. The van der Waals surface area contributed by atoms with Gasteiger partial charge in [0, 0.05) is 95.1 Å². The number of likely N-dealkylation sites (N-methyl/N-ethyl adjacent to an activating group) is 1. The van der Waals surface area contributed by atoms with Crippen molar-refractivity contribution in [1.82, 2.24) is 29.9 Å². The van der Waals surface area contributed by atoms with Crippen LogP contribution < -0.4 is 5.73 Å². The lowest BCUT2D eigenvalue weighted by Crippen LogP contribution is -2.61. The number of hydrogen-bond acceptors (Lipinski definition) is 20. The Bertz CT molecular complexity index is 2370. The summed E-state index contributed by atoms with van der Waals surface area (Å²) >= 11 is 0. The molecule has 21 nitrogen and oxygen atoms in total. The largest absolute Gasteiger partial charge is 0.456 e. The zero-order chi connectivity index (χ0) is 56.9. The number of halogens is 1. The number of Topliss-reactive ketones (excluding diaryl/α,β-unsaturated/α-hetero) is 1. The Morgan fingerprint density at radius 2 is 1.53 bits per heavy atom. The van der Waals surface area contributed by atoms with Gasteiger partial charge < -0.3 is 69.0 Å². The number of carbonyl (C=O) groups is 2. The van der Waals surface area contributed by atoms with Gasteiger partial charge in [-0.25, -0.2) is 19.0 Å². The number of nitrogens with two attached hydrogens (primary N) is 1. The highest BCUT2D eigenvalue weighted by Crippen LogP contribution is 2.42. The maximum absolute atomic E-state index is 14.9. The molecule has 0 saturated carbocycles. The fourth-order valence-corrected chi connectivity index (χ4v) is 11.7. The van der Waals surface area contributed by atoms with Gasteiger partial charge in [0.1, 0.15) is 36.3 Å². The quantitative estimate of drug-likeness (QED) is 0.116. The summed E-state index contributed by atoms with van der Waals surface area (Å²) in [5.74, 6) is -4.94. The number of nitrogen functional groups attached to an aromatic ring is 1. The predicted molar refractivity (Wildman–Crippen MR) is 280 cm³/mol. The Morgan fingerprint density at radius 3 is 2.13 bits per heavy atom. The number of aromatic nitrogens is 5.